The maximum Gasteiger partial charge on any atom is 0.416 e. The molecule has 6 rings (SSSR count). The van der Waals surface area contributed by atoms with E-state index in [4.69, 9.17) is 16.4 Å². The number of pyridine rings is 1. The van der Waals surface area contributed by atoms with Gasteiger partial charge in [0.2, 0.25) is 5.91 Å². The SMILES string of the molecule is [2H]c1c(C)c([2H])c2c(c1[2H])c(=O)c([2H])c(SC([2H])([2H])c1cccc(F)c1F)n2C([2H])([2H])C(=O)N(Cc1ccc(-c2ccc(C(F)(F)F)cc2)cc1)C1([2H])C([2H])([2H])C([2H])([2H])N(CC([2H])([2H])OC)C([2H])([2H])C1([2H])[2H]. The molecule has 0 radical (unpaired) electrons. The second kappa shape index (κ2) is 16.7. The number of alkyl halides is 3. The van der Waals surface area contributed by atoms with Crippen LogP contribution in [0.25, 0.3) is 22.0 Å². The molecule has 0 bridgehead atoms. The topological polar surface area (TPSA) is 54.8 Å². The highest BCUT2D eigenvalue weighted by molar-refractivity contribution is 7.98. The molecule has 1 aliphatic heterocycles. The maximum absolute atomic E-state index is 15.7. The summed E-state index contributed by atoms with van der Waals surface area (Å²) in [5, 5.41) is -2.43. The lowest BCUT2D eigenvalue weighted by atomic mass is 10.00. The van der Waals surface area contributed by atoms with E-state index in [-0.39, 0.29) is 31.1 Å². The average molecular weight is 769 g/mol. The van der Waals surface area contributed by atoms with Crippen LogP contribution in [0, 0.1) is 18.6 Å². The number of aromatic nitrogens is 1. The summed E-state index contributed by atoms with van der Waals surface area (Å²) in [5.74, 6) is -5.76. The van der Waals surface area contributed by atoms with E-state index in [1.807, 2.05) is 0 Å². The van der Waals surface area contributed by atoms with Crippen molar-refractivity contribution in [3.63, 3.8) is 0 Å². The van der Waals surface area contributed by atoms with Crippen LogP contribution in [0.4, 0.5) is 22.0 Å². The number of halogens is 5. The summed E-state index contributed by atoms with van der Waals surface area (Å²) >= 11 is -0.400. The van der Waals surface area contributed by atoms with Crippen LogP contribution in [0.15, 0.2) is 101 Å². The molecule has 1 amide bonds. The van der Waals surface area contributed by atoms with Gasteiger partial charge in [0.15, 0.2) is 17.1 Å². The van der Waals surface area contributed by atoms with Gasteiger partial charge in [0.25, 0.3) is 0 Å². The maximum atomic E-state index is 15.7. The monoisotopic (exact) mass is 768 g/mol. The van der Waals surface area contributed by atoms with Crippen LogP contribution in [0.3, 0.4) is 0 Å². The second-order valence-electron chi connectivity index (χ2n) is 11.2. The van der Waals surface area contributed by atoms with Crippen molar-refractivity contribution >= 4 is 28.6 Å². The van der Waals surface area contributed by atoms with Crippen LogP contribution in [0.2, 0.25) is 0 Å². The Hall–Kier alpha value is -4.52. The lowest BCUT2D eigenvalue weighted by molar-refractivity contribution is -0.137. The predicted molar refractivity (Wildman–Crippen MR) is 198 cm³/mol. The van der Waals surface area contributed by atoms with Crippen LogP contribution in [0.5, 0.6) is 0 Å². The summed E-state index contributed by atoms with van der Waals surface area (Å²) in [6.07, 6.45) is -13.4. The third-order valence-electron chi connectivity index (χ3n) is 7.55. The van der Waals surface area contributed by atoms with E-state index in [1.54, 1.807) is 0 Å². The second-order valence-corrected chi connectivity index (χ2v) is 12.0. The molecule has 1 fully saturated rings. The minimum Gasteiger partial charge on any atom is -0.383 e. The quantitative estimate of drug-likeness (QED) is 0.0940. The molecule has 4 aromatic carbocycles. The first-order valence-corrected chi connectivity index (χ1v) is 16.2. The van der Waals surface area contributed by atoms with Gasteiger partial charge in [-0.2, -0.15) is 13.2 Å². The van der Waals surface area contributed by atoms with Crippen molar-refractivity contribution in [2.24, 2.45) is 0 Å². The highest BCUT2D eigenvalue weighted by atomic mass is 32.2. The van der Waals surface area contributed by atoms with Gasteiger partial charge >= 0.3 is 6.18 Å². The largest absolute Gasteiger partial charge is 0.416 e. The van der Waals surface area contributed by atoms with Crippen molar-refractivity contribution in [1.82, 2.24) is 14.4 Å². The number of nitrogens with zero attached hydrogens (tertiary/aromatic N) is 3. The van der Waals surface area contributed by atoms with Gasteiger partial charge in [-0.3, -0.25) is 9.59 Å². The molecule has 0 unspecified atom stereocenters. The number of carbonyl (C=O) groups is 1. The molecule has 0 aliphatic carbocycles. The Labute approximate surface area is 335 Å². The first-order valence-electron chi connectivity index (χ1n) is 24.9. The number of carbonyl (C=O) groups excluding carboxylic acids is 1. The standard InChI is InChI=1S/C41H40F5N3O3S/c1-27-6-15-34-36(22-27)49(39(23-37(34)50)53-26-31-4-3-5-35(42)40(31)43)25-38(51)48(33-16-18-47(19-17-33)20-21-52-2)24-28-7-9-29(10-8-28)30-11-13-32(14-12-30)41(44,45)46/h3-15,22-23,33H,16-21,24-26H2,1-2H3/i6D,15D,16D2,17D2,18D2,19D2,21D2,22D,23D,25D2,26D2,33D. The van der Waals surface area contributed by atoms with Crippen molar-refractivity contribution in [3.8, 4) is 11.1 Å². The number of rotatable bonds is 12. The van der Waals surface area contributed by atoms with E-state index < -0.39 is 161 Å². The van der Waals surface area contributed by atoms with E-state index >= 15 is 9.18 Å². The molecule has 0 atom stereocenters. The van der Waals surface area contributed by atoms with Crippen LogP contribution >= 0.6 is 11.8 Å². The number of likely N-dealkylation sites (tertiary alicyclic amines) is 1. The first kappa shape index (κ1) is 20.8. The number of amides is 1. The zero-order valence-electron chi connectivity index (χ0n) is 46.6. The highest BCUT2D eigenvalue weighted by Crippen LogP contribution is 2.32. The number of piperidine rings is 1. The summed E-state index contributed by atoms with van der Waals surface area (Å²) in [4.78, 5) is 29.1. The molecular formula is C41H40F5N3O3S. The van der Waals surface area contributed by atoms with E-state index in [9.17, 15) is 32.0 Å². The summed E-state index contributed by atoms with van der Waals surface area (Å²) in [5.41, 5.74) is -8.61. The number of benzene rings is 4. The third kappa shape index (κ3) is 9.17. The smallest absolute Gasteiger partial charge is 0.383 e. The molecular weight excluding hydrogens is 710 g/mol. The third-order valence-corrected chi connectivity index (χ3v) is 8.35. The van der Waals surface area contributed by atoms with Crippen molar-refractivity contribution in [1.29, 1.82) is 0 Å². The fourth-order valence-electron chi connectivity index (χ4n) is 4.89. The van der Waals surface area contributed by atoms with Gasteiger partial charge in [-0.1, -0.05) is 54.6 Å². The Morgan fingerprint density at radius 1 is 1.04 bits per heavy atom. The number of methoxy groups -OCH3 is 1. The molecule has 0 N–H and O–H groups in total. The van der Waals surface area contributed by atoms with Gasteiger partial charge in [0.05, 0.1) is 35.0 Å². The molecule has 1 aromatic heterocycles. The van der Waals surface area contributed by atoms with E-state index in [2.05, 4.69) is 4.74 Å². The molecule has 12 heteroatoms. The number of ether oxygens (including phenoxy) is 1. The lowest BCUT2D eigenvalue weighted by Gasteiger charge is -2.39. The van der Waals surface area contributed by atoms with Gasteiger partial charge in [-0.05, 0) is 72.2 Å². The molecule has 1 aliphatic rings. The van der Waals surface area contributed by atoms with Crippen LogP contribution < -0.4 is 5.43 Å². The fraction of sp³-hybridized carbons (Fsp3) is 0.317. The van der Waals surface area contributed by atoms with E-state index in [0.717, 1.165) is 62.6 Å². The Bertz CT molecular complexity index is 3010. The van der Waals surface area contributed by atoms with Gasteiger partial charge in [-0.25, -0.2) is 8.78 Å². The van der Waals surface area contributed by atoms with Crippen molar-refractivity contribution < 1.29 is 57.5 Å². The number of hydrogen-bond acceptors (Lipinski definition) is 5. The molecule has 5 aromatic rings. The van der Waals surface area contributed by atoms with Crippen LogP contribution in [-0.2, 0) is 34.5 Å². The van der Waals surface area contributed by atoms with Gasteiger partial charge in [0.1, 0.15) is 6.50 Å². The summed E-state index contributed by atoms with van der Waals surface area (Å²) in [6, 6.07) is 1.76. The van der Waals surface area contributed by atoms with E-state index in [0.29, 0.717) is 6.07 Å². The predicted octanol–water partition coefficient (Wildman–Crippen LogP) is 8.71. The molecule has 6 nitrogen and oxygen atoms in total. The number of fused-ring (bicyclic) bond motifs is 1. The Morgan fingerprint density at radius 2 is 1.72 bits per heavy atom. The minimum absolute atomic E-state index is 0.0400. The van der Waals surface area contributed by atoms with Gasteiger partial charge < -0.3 is 19.1 Å². The molecule has 0 spiro atoms. The first-order chi connectivity index (χ1) is 32.7. The zero-order valence-corrected chi connectivity index (χ0v) is 28.4. The summed E-state index contributed by atoms with van der Waals surface area (Å²) < 4.78 is 245. The molecule has 1 saturated heterocycles. The number of thioether (sulfide) groups is 1. The van der Waals surface area contributed by atoms with Crippen molar-refractivity contribution in [2.45, 2.75) is 55.6 Å². The molecule has 278 valence electrons. The molecule has 53 heavy (non-hydrogen) atoms. The Morgan fingerprint density at radius 3 is 2.38 bits per heavy atom. The highest BCUT2D eigenvalue weighted by Gasteiger charge is 2.31. The van der Waals surface area contributed by atoms with Gasteiger partial charge in [-0.15, -0.1) is 11.8 Å². The summed E-state index contributed by atoms with van der Waals surface area (Å²) in [7, 11) is 0.770. The lowest BCUT2D eigenvalue weighted by Crippen LogP contribution is -2.48. The Kier molecular flexibility index (Phi) is 6.54. The zero-order chi connectivity index (χ0) is 54.7. The fourth-order valence-corrected chi connectivity index (χ4v) is 5.62. The Balaban J connectivity index is 1.69. The van der Waals surface area contributed by atoms with Gasteiger partial charge in [0, 0.05) is 75.6 Å². The van der Waals surface area contributed by atoms with Crippen molar-refractivity contribution in [3.05, 3.63) is 135 Å². The van der Waals surface area contributed by atoms with Crippen molar-refractivity contribution in [2.75, 3.05) is 33.2 Å². The van der Waals surface area contributed by atoms with Crippen LogP contribution in [0.1, 0.15) is 61.0 Å². The number of hydrogen-bond donors (Lipinski definition) is 0. The minimum atomic E-state index is -4.70. The normalized spacial score (nSPS) is 24.6. The molecule has 2 heterocycles. The van der Waals surface area contributed by atoms with E-state index in [1.165, 1.54) is 12.1 Å². The summed E-state index contributed by atoms with van der Waals surface area (Å²) in [6.45, 7) is -17.4. The van der Waals surface area contributed by atoms with Crippen LogP contribution in [-0.4, -0.2) is 59.5 Å². The molecule has 0 saturated carbocycles. The average Bonchev–Trinajstić information content (AvgIpc) is 3.29.